The molecule has 2 N–H and O–H groups in total. The van der Waals surface area contributed by atoms with E-state index < -0.39 is 0 Å². The first-order valence-corrected chi connectivity index (χ1v) is 4.18. The van der Waals surface area contributed by atoms with Gasteiger partial charge in [0.05, 0.1) is 0 Å². The van der Waals surface area contributed by atoms with E-state index in [1.807, 2.05) is 13.8 Å². The van der Waals surface area contributed by atoms with Crippen molar-refractivity contribution >= 4 is 0 Å². The Bertz CT molecular complexity index is 193. The lowest BCUT2D eigenvalue weighted by molar-refractivity contribution is 0.606. The van der Waals surface area contributed by atoms with Gasteiger partial charge in [0, 0.05) is 5.54 Å². The summed E-state index contributed by atoms with van der Waals surface area (Å²) in [7, 11) is 0. The van der Waals surface area contributed by atoms with Crippen LogP contribution in [0.5, 0.6) is 0 Å². The summed E-state index contributed by atoms with van der Waals surface area (Å²) in [5, 5.41) is 0. The van der Waals surface area contributed by atoms with Crippen LogP contribution in [-0.2, 0) is 0 Å². The summed E-state index contributed by atoms with van der Waals surface area (Å²) in [6.45, 7) is 6.30. The molecule has 0 heterocycles. The van der Waals surface area contributed by atoms with E-state index in [0.29, 0.717) is 5.92 Å². The summed E-state index contributed by atoms with van der Waals surface area (Å²) in [5.74, 6) is 0.682. The van der Waals surface area contributed by atoms with Crippen LogP contribution >= 0.6 is 0 Å². The number of rotatable bonds is 1. The molecule has 1 nitrogen and oxygen atoms in total. The van der Waals surface area contributed by atoms with Gasteiger partial charge in [0.25, 0.3) is 0 Å². The lowest BCUT2D eigenvalue weighted by atomic mass is 9.88. The van der Waals surface area contributed by atoms with Crippen molar-refractivity contribution in [3.63, 3.8) is 0 Å². The fourth-order valence-corrected chi connectivity index (χ4v) is 1.21. The average Bonchev–Trinajstić information content (AvgIpc) is 1.86. The van der Waals surface area contributed by atoms with Crippen LogP contribution in [0.1, 0.15) is 27.2 Å². The molecule has 0 spiro atoms. The van der Waals surface area contributed by atoms with Crippen molar-refractivity contribution in [2.24, 2.45) is 11.7 Å². The van der Waals surface area contributed by atoms with Crippen LogP contribution in [0.15, 0.2) is 23.8 Å². The van der Waals surface area contributed by atoms with Crippen LogP contribution in [0, 0.1) is 5.92 Å². The largest absolute Gasteiger partial charge is 0.322 e. The molecule has 1 atom stereocenters. The number of nitrogens with two attached hydrogens (primary N) is 1. The third-order valence-corrected chi connectivity index (χ3v) is 2.06. The summed E-state index contributed by atoms with van der Waals surface area (Å²) in [5.41, 5.74) is 7.03. The highest BCUT2D eigenvalue weighted by atomic mass is 14.7. The highest BCUT2D eigenvalue weighted by Gasteiger charge is 2.16. The van der Waals surface area contributed by atoms with E-state index in [2.05, 4.69) is 25.2 Å². The van der Waals surface area contributed by atoms with E-state index in [4.69, 9.17) is 5.73 Å². The van der Waals surface area contributed by atoms with Gasteiger partial charge in [-0.3, -0.25) is 0 Å². The zero-order valence-electron chi connectivity index (χ0n) is 7.59. The monoisotopic (exact) mass is 151 g/mol. The van der Waals surface area contributed by atoms with Crippen LogP contribution in [0.2, 0.25) is 0 Å². The van der Waals surface area contributed by atoms with Crippen LogP contribution in [0.25, 0.3) is 0 Å². The maximum atomic E-state index is 5.94. The van der Waals surface area contributed by atoms with E-state index in [1.165, 1.54) is 5.57 Å². The number of hydrogen-bond donors (Lipinski definition) is 1. The lowest BCUT2D eigenvalue weighted by Gasteiger charge is -2.23. The normalized spacial score (nSPS) is 25.1. The Kier molecular flexibility index (Phi) is 2.19. The molecular weight excluding hydrogens is 134 g/mol. The average molecular weight is 151 g/mol. The van der Waals surface area contributed by atoms with Crippen LogP contribution in [0.3, 0.4) is 0 Å². The molecule has 0 aromatic carbocycles. The van der Waals surface area contributed by atoms with Gasteiger partial charge < -0.3 is 5.73 Å². The molecule has 0 saturated carbocycles. The van der Waals surface area contributed by atoms with Crippen LogP contribution < -0.4 is 5.73 Å². The first kappa shape index (κ1) is 8.54. The lowest BCUT2D eigenvalue weighted by Crippen LogP contribution is -2.34. The minimum absolute atomic E-state index is 0.170. The summed E-state index contributed by atoms with van der Waals surface area (Å²) in [6.07, 6.45) is 7.75. The van der Waals surface area contributed by atoms with Gasteiger partial charge in [-0.05, 0) is 31.8 Å². The Morgan fingerprint density at radius 3 is 2.55 bits per heavy atom. The molecular formula is C10H17N. The molecule has 0 saturated heterocycles. The smallest absolute Gasteiger partial charge is 0.0349 e. The summed E-state index contributed by atoms with van der Waals surface area (Å²) in [6, 6.07) is 0. The second-order valence-corrected chi connectivity index (χ2v) is 3.95. The van der Waals surface area contributed by atoms with Gasteiger partial charge in [-0.15, -0.1) is 0 Å². The molecule has 1 aliphatic carbocycles. The van der Waals surface area contributed by atoms with E-state index >= 15 is 0 Å². The molecule has 0 aromatic rings. The minimum atomic E-state index is -0.170. The Morgan fingerprint density at radius 1 is 1.55 bits per heavy atom. The quantitative estimate of drug-likeness (QED) is 0.611. The summed E-state index contributed by atoms with van der Waals surface area (Å²) < 4.78 is 0. The zero-order chi connectivity index (χ0) is 8.48. The van der Waals surface area contributed by atoms with Crippen molar-refractivity contribution in [1.29, 1.82) is 0 Å². The summed E-state index contributed by atoms with van der Waals surface area (Å²) >= 11 is 0. The van der Waals surface area contributed by atoms with Gasteiger partial charge >= 0.3 is 0 Å². The van der Waals surface area contributed by atoms with Crippen molar-refractivity contribution in [2.75, 3.05) is 0 Å². The molecule has 62 valence electrons. The molecule has 0 fully saturated rings. The van der Waals surface area contributed by atoms with Gasteiger partial charge in [0.15, 0.2) is 0 Å². The zero-order valence-corrected chi connectivity index (χ0v) is 7.59. The topological polar surface area (TPSA) is 26.0 Å². The molecule has 0 aromatic heterocycles. The van der Waals surface area contributed by atoms with Crippen molar-refractivity contribution in [3.8, 4) is 0 Å². The van der Waals surface area contributed by atoms with Gasteiger partial charge in [-0.2, -0.15) is 0 Å². The fourth-order valence-electron chi connectivity index (χ4n) is 1.21. The summed E-state index contributed by atoms with van der Waals surface area (Å²) in [4.78, 5) is 0. The second kappa shape index (κ2) is 2.82. The highest BCUT2D eigenvalue weighted by molar-refractivity contribution is 5.31. The molecule has 11 heavy (non-hydrogen) atoms. The van der Waals surface area contributed by atoms with Gasteiger partial charge in [-0.25, -0.2) is 0 Å². The molecule has 1 heteroatoms. The molecule has 0 radical (unpaired) electrons. The number of hydrogen-bond acceptors (Lipinski definition) is 1. The first-order chi connectivity index (χ1) is 5.00. The van der Waals surface area contributed by atoms with Crippen molar-refractivity contribution in [3.05, 3.63) is 23.8 Å². The van der Waals surface area contributed by atoms with Gasteiger partial charge in [0.1, 0.15) is 0 Å². The van der Waals surface area contributed by atoms with E-state index in [9.17, 15) is 0 Å². The van der Waals surface area contributed by atoms with Crippen LogP contribution in [0.4, 0.5) is 0 Å². The molecule has 0 bridgehead atoms. The number of allylic oxidation sites excluding steroid dienone is 2. The predicted molar refractivity (Wildman–Crippen MR) is 49.3 cm³/mol. The second-order valence-electron chi connectivity index (χ2n) is 3.95. The standard InChI is InChI=1S/C10H17N/c1-8-4-6-9(7-5-8)10(2,3)11/h4,6-8H,5,11H2,1-3H3. The van der Waals surface area contributed by atoms with Crippen LogP contribution in [-0.4, -0.2) is 5.54 Å². The van der Waals surface area contributed by atoms with Crippen molar-refractivity contribution in [1.82, 2.24) is 0 Å². The Labute approximate surface area is 69.0 Å². The van der Waals surface area contributed by atoms with E-state index in [-0.39, 0.29) is 5.54 Å². The third kappa shape index (κ3) is 2.19. The SMILES string of the molecule is CC1C=CC(C(C)(C)N)=CC1. The highest BCUT2D eigenvalue weighted by Crippen LogP contribution is 2.22. The molecule has 0 amide bonds. The first-order valence-electron chi connectivity index (χ1n) is 4.18. The molecule has 0 aliphatic heterocycles. The van der Waals surface area contributed by atoms with E-state index in [0.717, 1.165) is 6.42 Å². The Balaban J connectivity index is 2.71. The van der Waals surface area contributed by atoms with Gasteiger partial charge in [0.2, 0.25) is 0 Å². The maximum Gasteiger partial charge on any atom is 0.0349 e. The minimum Gasteiger partial charge on any atom is -0.322 e. The van der Waals surface area contributed by atoms with Crippen molar-refractivity contribution in [2.45, 2.75) is 32.7 Å². The maximum absolute atomic E-state index is 5.94. The molecule has 1 aliphatic rings. The molecule has 1 rings (SSSR count). The fraction of sp³-hybridized carbons (Fsp3) is 0.600. The van der Waals surface area contributed by atoms with Crippen molar-refractivity contribution < 1.29 is 0 Å². The van der Waals surface area contributed by atoms with E-state index in [1.54, 1.807) is 0 Å². The third-order valence-electron chi connectivity index (χ3n) is 2.06. The Morgan fingerprint density at radius 2 is 2.18 bits per heavy atom. The van der Waals surface area contributed by atoms with Gasteiger partial charge in [-0.1, -0.05) is 25.2 Å². The predicted octanol–water partition coefficient (Wildman–Crippen LogP) is 2.25. The Hall–Kier alpha value is -0.560. The molecule has 1 unspecified atom stereocenters.